The number of carbonyl (C=O) groups excluding carboxylic acids is 1. The number of furan rings is 1. The average molecular weight is 446 g/mol. The van der Waals surface area contributed by atoms with Crippen molar-refractivity contribution in [3.05, 3.63) is 93.6 Å². The summed E-state index contributed by atoms with van der Waals surface area (Å²) >= 11 is 7.56. The van der Waals surface area contributed by atoms with Crippen LogP contribution in [0, 0.1) is 12.3 Å². The van der Waals surface area contributed by atoms with Gasteiger partial charge in [-0.05, 0) is 42.3 Å². The molecule has 31 heavy (non-hydrogen) atoms. The normalized spacial score (nSPS) is 17.1. The van der Waals surface area contributed by atoms with Crippen LogP contribution in [0.4, 0.5) is 0 Å². The lowest BCUT2D eigenvalue weighted by Crippen LogP contribution is -2.37. The summed E-state index contributed by atoms with van der Waals surface area (Å²) in [6, 6.07) is 19.0. The number of nitrogens with zero attached hydrogens (tertiary/aromatic N) is 2. The van der Waals surface area contributed by atoms with E-state index in [9.17, 15) is 4.79 Å². The van der Waals surface area contributed by atoms with Crippen LogP contribution >= 0.6 is 23.4 Å². The Morgan fingerprint density at radius 1 is 1.10 bits per heavy atom. The summed E-state index contributed by atoms with van der Waals surface area (Å²) in [7, 11) is 0. The van der Waals surface area contributed by atoms with Gasteiger partial charge in [-0.1, -0.05) is 65.8 Å². The van der Waals surface area contributed by atoms with E-state index in [-0.39, 0.29) is 11.4 Å². The van der Waals surface area contributed by atoms with E-state index in [4.69, 9.17) is 21.4 Å². The van der Waals surface area contributed by atoms with E-state index in [1.807, 2.05) is 66.9 Å². The first-order chi connectivity index (χ1) is 15.0. The van der Waals surface area contributed by atoms with Crippen LogP contribution in [0.2, 0.25) is 5.02 Å². The summed E-state index contributed by atoms with van der Waals surface area (Å²) in [4.78, 5) is 18.5. The smallest absolute Gasteiger partial charge is 0.283 e. The maximum Gasteiger partial charge on any atom is 0.283 e. The first kappa shape index (κ1) is 19.6. The molecule has 2 aliphatic heterocycles. The predicted octanol–water partition coefficient (Wildman–Crippen LogP) is 6.21. The molecule has 1 aromatic heterocycles. The van der Waals surface area contributed by atoms with Crippen molar-refractivity contribution < 1.29 is 9.21 Å². The van der Waals surface area contributed by atoms with Crippen LogP contribution in [0.25, 0.3) is 23.1 Å². The summed E-state index contributed by atoms with van der Waals surface area (Å²) < 4.78 is 5.92. The minimum Gasteiger partial charge on any atom is -0.457 e. The zero-order valence-corrected chi connectivity index (χ0v) is 18.0. The number of nitrogens with one attached hydrogen (secondary N) is 1. The third-order valence-electron chi connectivity index (χ3n) is 5.05. The highest BCUT2D eigenvalue weighted by atomic mass is 35.5. The molecule has 1 amide bonds. The van der Waals surface area contributed by atoms with Gasteiger partial charge in [0.25, 0.3) is 5.91 Å². The van der Waals surface area contributed by atoms with Crippen LogP contribution in [-0.4, -0.2) is 21.8 Å². The van der Waals surface area contributed by atoms with E-state index in [2.05, 4.69) is 4.99 Å². The minimum absolute atomic E-state index is 0.0754. The summed E-state index contributed by atoms with van der Waals surface area (Å²) in [5.74, 6) is 0.721. The second kappa shape index (κ2) is 7.72. The molecule has 2 aliphatic rings. The number of thioether (sulfide) groups is 1. The second-order valence-corrected chi connectivity index (χ2v) is 8.34. The Hall–Kier alpha value is -3.35. The number of halogens is 1. The van der Waals surface area contributed by atoms with E-state index in [0.717, 1.165) is 22.4 Å². The Bertz CT molecular complexity index is 1320. The molecule has 3 aromatic rings. The number of hydrogen-bond donors (Lipinski definition) is 1. The van der Waals surface area contributed by atoms with Gasteiger partial charge < -0.3 is 4.42 Å². The number of amidine groups is 2. The Balaban J connectivity index is 1.48. The maximum atomic E-state index is 12.6. The largest absolute Gasteiger partial charge is 0.457 e. The highest BCUT2D eigenvalue weighted by molar-refractivity contribution is 8.17. The molecular formula is C24H16ClN3O2S. The summed E-state index contributed by atoms with van der Waals surface area (Å²) in [6.07, 6.45) is 1.57. The first-order valence-electron chi connectivity index (χ1n) is 9.53. The van der Waals surface area contributed by atoms with Crippen molar-refractivity contribution in [3.63, 3.8) is 0 Å². The number of amides is 1. The maximum absolute atomic E-state index is 12.6. The van der Waals surface area contributed by atoms with Crippen molar-refractivity contribution in [2.24, 2.45) is 4.99 Å². The molecule has 0 radical (unpaired) electrons. The molecule has 7 heteroatoms. The van der Waals surface area contributed by atoms with Crippen molar-refractivity contribution in [2.45, 2.75) is 6.92 Å². The molecule has 0 bridgehead atoms. The lowest BCUT2D eigenvalue weighted by Gasteiger charge is -2.26. The van der Waals surface area contributed by atoms with Crippen LogP contribution in [0.5, 0.6) is 0 Å². The monoisotopic (exact) mass is 445 g/mol. The first-order valence-corrected chi connectivity index (χ1v) is 10.8. The van der Waals surface area contributed by atoms with Crippen LogP contribution in [0.1, 0.15) is 16.9 Å². The van der Waals surface area contributed by atoms with Gasteiger partial charge in [-0.3, -0.25) is 15.1 Å². The second-order valence-electron chi connectivity index (χ2n) is 7.09. The topological polar surface area (TPSA) is 69.7 Å². The zero-order chi connectivity index (χ0) is 21.5. The van der Waals surface area contributed by atoms with Crippen LogP contribution < -0.4 is 0 Å². The lowest BCUT2D eigenvalue weighted by molar-refractivity contribution is -0.114. The predicted molar refractivity (Wildman–Crippen MR) is 126 cm³/mol. The van der Waals surface area contributed by atoms with Gasteiger partial charge in [-0.15, -0.1) is 0 Å². The zero-order valence-electron chi connectivity index (χ0n) is 16.4. The molecule has 0 atom stereocenters. The van der Waals surface area contributed by atoms with Crippen LogP contribution in [0.15, 0.2) is 81.1 Å². The van der Waals surface area contributed by atoms with Crippen molar-refractivity contribution in [1.82, 2.24) is 4.90 Å². The minimum atomic E-state index is -0.456. The fourth-order valence-electron chi connectivity index (χ4n) is 3.39. The van der Waals surface area contributed by atoms with Crippen molar-refractivity contribution in [2.75, 3.05) is 0 Å². The summed E-state index contributed by atoms with van der Waals surface area (Å²) in [6.45, 7) is 1.94. The van der Waals surface area contributed by atoms with Gasteiger partial charge in [0.1, 0.15) is 17.4 Å². The van der Waals surface area contributed by atoms with Gasteiger partial charge in [0, 0.05) is 16.0 Å². The van der Waals surface area contributed by atoms with Gasteiger partial charge in [0.15, 0.2) is 5.17 Å². The van der Waals surface area contributed by atoms with E-state index in [0.29, 0.717) is 21.7 Å². The molecule has 0 fully saturated rings. The fourth-order valence-corrected chi connectivity index (χ4v) is 4.46. The Labute approximate surface area is 188 Å². The quantitative estimate of drug-likeness (QED) is 0.486. The van der Waals surface area contributed by atoms with E-state index >= 15 is 0 Å². The number of fused-ring (bicyclic) bond motifs is 1. The molecule has 5 rings (SSSR count). The molecule has 152 valence electrons. The number of benzene rings is 2. The van der Waals surface area contributed by atoms with Gasteiger partial charge in [-0.2, -0.15) is 4.99 Å². The third kappa shape index (κ3) is 3.54. The SMILES string of the molecule is Cc1ccc(-c2ccc(/C=C3/C(=N)N4C(c5ccccc5)=CSC4=NC3=O)o2)cc1Cl. The summed E-state index contributed by atoms with van der Waals surface area (Å²) in [5, 5.41) is 11.8. The fraction of sp³-hybridized carbons (Fsp3) is 0.0417. The highest BCUT2D eigenvalue weighted by Crippen LogP contribution is 2.37. The van der Waals surface area contributed by atoms with Gasteiger partial charge in [0.2, 0.25) is 0 Å². The van der Waals surface area contributed by atoms with E-state index in [1.165, 1.54) is 11.8 Å². The Morgan fingerprint density at radius 2 is 1.90 bits per heavy atom. The van der Waals surface area contributed by atoms with Crippen LogP contribution in [0.3, 0.4) is 0 Å². The van der Waals surface area contributed by atoms with Gasteiger partial charge in [-0.25, -0.2) is 0 Å². The molecule has 0 saturated heterocycles. The van der Waals surface area contributed by atoms with Crippen molar-refractivity contribution in [3.8, 4) is 11.3 Å². The molecule has 3 heterocycles. The molecule has 5 nitrogen and oxygen atoms in total. The van der Waals surface area contributed by atoms with Crippen molar-refractivity contribution in [1.29, 1.82) is 5.41 Å². The summed E-state index contributed by atoms with van der Waals surface area (Å²) in [5.41, 5.74) is 3.78. The Morgan fingerprint density at radius 3 is 2.68 bits per heavy atom. The standard InChI is InChI=1S/C24H16ClN3O2S/c1-14-7-8-16(11-19(14)25)21-10-9-17(30-21)12-18-22(26)28-20(15-5-3-2-4-6-15)13-31-24(28)27-23(18)29/h2-13,26H,1H3/b18-12-,26-22?. The van der Waals surface area contributed by atoms with Gasteiger partial charge in [0.05, 0.1) is 11.3 Å². The van der Waals surface area contributed by atoms with Crippen LogP contribution in [-0.2, 0) is 4.79 Å². The number of rotatable bonds is 3. The number of aryl methyl sites for hydroxylation is 1. The average Bonchev–Trinajstić information content (AvgIpc) is 3.41. The lowest BCUT2D eigenvalue weighted by atomic mass is 10.1. The molecule has 1 N–H and O–H groups in total. The number of carbonyl (C=O) groups is 1. The molecule has 2 aromatic carbocycles. The van der Waals surface area contributed by atoms with E-state index in [1.54, 1.807) is 17.0 Å². The molecule has 0 saturated carbocycles. The van der Waals surface area contributed by atoms with Gasteiger partial charge >= 0.3 is 0 Å². The molecule has 0 spiro atoms. The molecule has 0 aliphatic carbocycles. The molecular weight excluding hydrogens is 430 g/mol. The Kier molecular flexibility index (Phi) is 4.88. The number of hydrogen-bond acceptors (Lipinski definition) is 4. The number of aliphatic imine (C=N–C) groups is 1. The molecule has 0 unspecified atom stereocenters. The van der Waals surface area contributed by atoms with E-state index < -0.39 is 5.91 Å². The third-order valence-corrected chi connectivity index (χ3v) is 6.29. The van der Waals surface area contributed by atoms with Crippen molar-refractivity contribution >= 4 is 52.0 Å². The highest BCUT2D eigenvalue weighted by Gasteiger charge is 2.36.